The molecule has 126 valence electrons. The molecule has 1 saturated heterocycles. The van der Waals surface area contributed by atoms with E-state index in [1.807, 2.05) is 35.2 Å². The first-order valence-electron chi connectivity index (χ1n) is 8.51. The number of fused-ring (bicyclic) bond motifs is 1. The number of hydrogen-bond acceptors (Lipinski definition) is 4. The lowest BCUT2D eigenvalue weighted by Crippen LogP contribution is -2.35. The van der Waals surface area contributed by atoms with Crippen LogP contribution in [0.4, 0.5) is 0 Å². The van der Waals surface area contributed by atoms with Gasteiger partial charge in [0, 0.05) is 31.1 Å². The molecule has 2 aliphatic heterocycles. The Bertz CT molecular complexity index is 690. The van der Waals surface area contributed by atoms with E-state index >= 15 is 0 Å². The predicted octanol–water partition coefficient (Wildman–Crippen LogP) is 1.49. The molecule has 0 radical (unpaired) electrons. The van der Waals surface area contributed by atoms with Crippen LogP contribution < -0.4 is 5.32 Å². The molecule has 4 rings (SSSR count). The molecule has 6 heteroatoms. The molecule has 0 bridgehead atoms. The predicted molar refractivity (Wildman–Crippen MR) is 89.5 cm³/mol. The van der Waals surface area contributed by atoms with Crippen molar-refractivity contribution < 1.29 is 9.53 Å². The molecule has 1 fully saturated rings. The average Bonchev–Trinajstić information content (AvgIpc) is 3.26. The van der Waals surface area contributed by atoms with Gasteiger partial charge in [-0.15, -0.1) is 0 Å². The number of H-pyrrole nitrogens is 1. The van der Waals surface area contributed by atoms with Crippen molar-refractivity contribution in [1.29, 1.82) is 0 Å². The number of aromatic nitrogens is 2. The lowest BCUT2D eigenvalue weighted by molar-refractivity contribution is 0.0789. The van der Waals surface area contributed by atoms with Gasteiger partial charge in [-0.3, -0.25) is 4.79 Å². The van der Waals surface area contributed by atoms with Crippen molar-refractivity contribution in [2.45, 2.75) is 32.0 Å². The van der Waals surface area contributed by atoms with Crippen LogP contribution in [0.5, 0.6) is 0 Å². The van der Waals surface area contributed by atoms with Crippen molar-refractivity contribution in [3.8, 4) is 0 Å². The molecule has 0 spiro atoms. The fraction of sp³-hybridized carbons (Fsp3) is 0.444. The summed E-state index contributed by atoms with van der Waals surface area (Å²) in [6, 6.07) is 9.80. The Hall–Kier alpha value is -2.18. The average molecular weight is 326 g/mol. The van der Waals surface area contributed by atoms with E-state index in [0.717, 1.165) is 55.3 Å². The third-order valence-electron chi connectivity index (χ3n) is 4.70. The van der Waals surface area contributed by atoms with Gasteiger partial charge in [-0.25, -0.2) is 4.98 Å². The SMILES string of the molecule is O=C(c1ccccc1)N1CCC(NCc2nc3c([nH]2)COCC3)C1. The quantitative estimate of drug-likeness (QED) is 0.893. The van der Waals surface area contributed by atoms with Gasteiger partial charge in [-0.1, -0.05) is 18.2 Å². The highest BCUT2D eigenvalue weighted by Gasteiger charge is 2.26. The summed E-state index contributed by atoms with van der Waals surface area (Å²) in [7, 11) is 0. The van der Waals surface area contributed by atoms with E-state index in [-0.39, 0.29) is 5.91 Å². The fourth-order valence-electron chi connectivity index (χ4n) is 3.37. The van der Waals surface area contributed by atoms with Gasteiger partial charge in [-0.05, 0) is 18.6 Å². The fourth-order valence-corrected chi connectivity index (χ4v) is 3.37. The Morgan fingerprint density at radius 1 is 1.38 bits per heavy atom. The van der Waals surface area contributed by atoms with Crippen molar-refractivity contribution in [2.75, 3.05) is 19.7 Å². The first-order chi connectivity index (χ1) is 11.8. The first kappa shape index (κ1) is 15.4. The molecule has 24 heavy (non-hydrogen) atoms. The number of nitrogens with zero attached hydrogens (tertiary/aromatic N) is 2. The number of amides is 1. The second kappa shape index (κ2) is 6.75. The van der Waals surface area contributed by atoms with Gasteiger partial charge in [-0.2, -0.15) is 0 Å². The van der Waals surface area contributed by atoms with Crippen LogP contribution in [0.25, 0.3) is 0 Å². The summed E-state index contributed by atoms with van der Waals surface area (Å²) in [4.78, 5) is 22.4. The van der Waals surface area contributed by atoms with Crippen molar-refractivity contribution in [3.63, 3.8) is 0 Å². The number of nitrogens with one attached hydrogen (secondary N) is 2. The van der Waals surface area contributed by atoms with Crippen LogP contribution in [-0.4, -0.2) is 46.5 Å². The number of carbonyl (C=O) groups excluding carboxylic acids is 1. The maximum absolute atomic E-state index is 12.5. The molecule has 1 unspecified atom stereocenters. The zero-order chi connectivity index (χ0) is 16.4. The molecule has 6 nitrogen and oxygen atoms in total. The van der Waals surface area contributed by atoms with Gasteiger partial charge in [0.05, 0.1) is 31.1 Å². The topological polar surface area (TPSA) is 70.2 Å². The molecule has 3 heterocycles. The van der Waals surface area contributed by atoms with Crippen LogP contribution in [-0.2, 0) is 24.3 Å². The maximum atomic E-state index is 12.5. The highest BCUT2D eigenvalue weighted by atomic mass is 16.5. The minimum absolute atomic E-state index is 0.116. The third-order valence-corrected chi connectivity index (χ3v) is 4.70. The van der Waals surface area contributed by atoms with E-state index < -0.39 is 0 Å². The van der Waals surface area contributed by atoms with Gasteiger partial charge < -0.3 is 19.9 Å². The summed E-state index contributed by atoms with van der Waals surface area (Å²) in [5.41, 5.74) is 2.99. The number of ether oxygens (including phenoxy) is 1. The van der Waals surface area contributed by atoms with E-state index in [9.17, 15) is 4.79 Å². The number of aromatic amines is 1. The highest BCUT2D eigenvalue weighted by Crippen LogP contribution is 2.16. The molecular formula is C18H22N4O2. The van der Waals surface area contributed by atoms with Crippen molar-refractivity contribution >= 4 is 5.91 Å². The molecule has 1 amide bonds. The number of carbonyl (C=O) groups is 1. The van der Waals surface area contributed by atoms with Crippen molar-refractivity contribution in [2.24, 2.45) is 0 Å². The monoisotopic (exact) mass is 326 g/mol. The number of rotatable bonds is 4. The molecule has 2 aliphatic rings. The van der Waals surface area contributed by atoms with Crippen molar-refractivity contribution in [1.82, 2.24) is 20.2 Å². The lowest BCUT2D eigenvalue weighted by atomic mass is 10.2. The molecule has 0 saturated carbocycles. The summed E-state index contributed by atoms with van der Waals surface area (Å²) in [5.74, 6) is 1.07. The second-order valence-corrected chi connectivity index (χ2v) is 6.40. The second-order valence-electron chi connectivity index (χ2n) is 6.40. The minimum Gasteiger partial charge on any atom is -0.375 e. The van der Waals surface area contributed by atoms with Crippen LogP contribution in [0, 0.1) is 0 Å². The van der Waals surface area contributed by atoms with Gasteiger partial charge in [0.2, 0.25) is 0 Å². The largest absolute Gasteiger partial charge is 0.375 e. The number of benzene rings is 1. The normalized spacial score (nSPS) is 20.2. The first-order valence-corrected chi connectivity index (χ1v) is 8.51. The Kier molecular flexibility index (Phi) is 4.32. The van der Waals surface area contributed by atoms with E-state index in [0.29, 0.717) is 19.2 Å². The number of imidazole rings is 1. The van der Waals surface area contributed by atoms with Gasteiger partial charge in [0.1, 0.15) is 5.82 Å². The molecular weight excluding hydrogens is 304 g/mol. The maximum Gasteiger partial charge on any atom is 0.253 e. The Balaban J connectivity index is 1.31. The Labute approximate surface area is 141 Å². The van der Waals surface area contributed by atoms with Crippen LogP contribution in [0.3, 0.4) is 0 Å². The molecule has 2 aromatic rings. The van der Waals surface area contributed by atoms with Crippen LogP contribution in [0.2, 0.25) is 0 Å². The molecule has 1 aromatic carbocycles. The smallest absolute Gasteiger partial charge is 0.253 e. The van der Waals surface area contributed by atoms with Gasteiger partial charge in [0.25, 0.3) is 5.91 Å². The van der Waals surface area contributed by atoms with E-state index in [1.54, 1.807) is 0 Å². The highest BCUT2D eigenvalue weighted by molar-refractivity contribution is 5.94. The summed E-state index contributed by atoms with van der Waals surface area (Å²) < 4.78 is 5.43. The molecule has 1 atom stereocenters. The molecule has 2 N–H and O–H groups in total. The molecule has 0 aliphatic carbocycles. The molecule has 1 aromatic heterocycles. The van der Waals surface area contributed by atoms with E-state index in [1.165, 1.54) is 0 Å². The zero-order valence-electron chi connectivity index (χ0n) is 13.6. The summed E-state index contributed by atoms with van der Waals surface area (Å²) >= 11 is 0. The summed E-state index contributed by atoms with van der Waals surface area (Å²) in [6.45, 7) is 3.63. The van der Waals surface area contributed by atoms with Crippen LogP contribution >= 0.6 is 0 Å². The minimum atomic E-state index is 0.116. The Morgan fingerprint density at radius 3 is 3.08 bits per heavy atom. The van der Waals surface area contributed by atoms with Crippen molar-refractivity contribution in [3.05, 3.63) is 53.1 Å². The summed E-state index contributed by atoms with van der Waals surface area (Å²) in [6.07, 6.45) is 1.86. The van der Waals surface area contributed by atoms with Crippen LogP contribution in [0.1, 0.15) is 34.0 Å². The number of hydrogen-bond donors (Lipinski definition) is 2. The standard InChI is InChI=1S/C18H22N4O2/c23-18(13-4-2-1-3-5-13)22-8-6-14(11-22)19-10-17-20-15-7-9-24-12-16(15)21-17/h1-5,14,19H,6-12H2,(H,20,21). The third kappa shape index (κ3) is 3.20. The Morgan fingerprint density at radius 2 is 2.25 bits per heavy atom. The summed E-state index contributed by atoms with van der Waals surface area (Å²) in [5, 5.41) is 3.51. The van der Waals surface area contributed by atoms with Gasteiger partial charge in [0.15, 0.2) is 0 Å². The lowest BCUT2D eigenvalue weighted by Gasteiger charge is -2.17. The van der Waals surface area contributed by atoms with Gasteiger partial charge >= 0.3 is 0 Å². The van der Waals surface area contributed by atoms with E-state index in [4.69, 9.17) is 4.74 Å². The zero-order valence-corrected chi connectivity index (χ0v) is 13.6. The van der Waals surface area contributed by atoms with Crippen LogP contribution in [0.15, 0.2) is 30.3 Å². The number of likely N-dealkylation sites (tertiary alicyclic amines) is 1. The van der Waals surface area contributed by atoms with E-state index in [2.05, 4.69) is 15.3 Å².